The van der Waals surface area contributed by atoms with Gasteiger partial charge in [0.2, 0.25) is 0 Å². The Morgan fingerprint density at radius 2 is 0.964 bits per heavy atom. The summed E-state index contributed by atoms with van der Waals surface area (Å²) >= 11 is 0. The third kappa shape index (κ3) is 13.2. The zero-order valence-electron chi connectivity index (χ0n) is 20.7. The first-order valence-electron chi connectivity index (χ1n) is 11.2. The van der Waals surface area contributed by atoms with Gasteiger partial charge in [0.25, 0.3) is 0 Å². The number of hydrogen-bond donors (Lipinski definition) is 0. The monoisotopic (exact) mass is 392 g/mol. The van der Waals surface area contributed by atoms with Gasteiger partial charge in [0.15, 0.2) is 0 Å². The lowest BCUT2D eigenvalue weighted by Gasteiger charge is -2.31. The maximum absolute atomic E-state index is 4.98. The molecule has 4 nitrogen and oxygen atoms in total. The molecule has 2 atom stereocenters. The molecule has 0 aliphatic carbocycles. The lowest BCUT2D eigenvalue weighted by molar-refractivity contribution is 0.168. The molecule has 28 heavy (non-hydrogen) atoms. The topological polar surface area (TPSA) is 40.3 Å². The maximum atomic E-state index is 4.98. The second-order valence-corrected chi connectivity index (χ2v) is 9.64. The Balaban J connectivity index is 5.29. The van der Waals surface area contributed by atoms with E-state index in [9.17, 15) is 0 Å². The Morgan fingerprint density at radius 3 is 1.32 bits per heavy atom. The molecule has 0 aromatic rings. The van der Waals surface area contributed by atoms with Crippen molar-refractivity contribution in [2.24, 2.45) is 32.7 Å². The zero-order valence-corrected chi connectivity index (χ0v) is 20.7. The fourth-order valence-electron chi connectivity index (χ4n) is 3.77. The summed E-state index contributed by atoms with van der Waals surface area (Å²) in [4.78, 5) is 17.1. The van der Waals surface area contributed by atoms with E-state index in [4.69, 9.17) is 15.0 Å². The van der Waals surface area contributed by atoms with E-state index < -0.39 is 0 Å². The molecule has 0 aliphatic heterocycles. The summed E-state index contributed by atoms with van der Waals surface area (Å²) in [6.45, 7) is 26.0. The molecular weight excluding hydrogens is 344 g/mol. The predicted octanol–water partition coefficient (Wildman–Crippen LogP) is 6.50. The van der Waals surface area contributed by atoms with Crippen molar-refractivity contribution >= 4 is 17.1 Å². The molecule has 0 saturated carbocycles. The van der Waals surface area contributed by atoms with Gasteiger partial charge < -0.3 is 0 Å². The third-order valence-corrected chi connectivity index (χ3v) is 4.63. The van der Waals surface area contributed by atoms with Gasteiger partial charge in [-0.05, 0) is 71.6 Å². The highest BCUT2D eigenvalue weighted by molar-refractivity contribution is 5.83. The number of nitrogens with zero attached hydrogens (tertiary/aromatic N) is 4. The first kappa shape index (κ1) is 27.0. The molecule has 0 aromatic heterocycles. The molecule has 4 heteroatoms. The van der Waals surface area contributed by atoms with Gasteiger partial charge in [0.05, 0.1) is 6.54 Å². The summed E-state index contributed by atoms with van der Waals surface area (Å²) in [5, 5.41) is 0. The highest BCUT2D eigenvalue weighted by Gasteiger charge is 2.19. The van der Waals surface area contributed by atoms with E-state index in [2.05, 4.69) is 81.1 Å². The van der Waals surface area contributed by atoms with E-state index in [1.165, 1.54) is 17.1 Å². The SMILES string of the molecule is CC(CC(C)C)=NCCN(C(C)N=C(C)CC(C)C)C(C)N=C(C)CC(C)C. The van der Waals surface area contributed by atoms with Gasteiger partial charge in [-0.25, -0.2) is 0 Å². The molecule has 0 bridgehead atoms. The molecule has 0 radical (unpaired) electrons. The summed E-state index contributed by atoms with van der Waals surface area (Å²) in [5.41, 5.74) is 3.69. The van der Waals surface area contributed by atoms with Crippen LogP contribution in [0.3, 0.4) is 0 Å². The molecule has 0 amide bonds. The summed E-state index contributed by atoms with van der Waals surface area (Å²) < 4.78 is 0. The fraction of sp³-hybridized carbons (Fsp3) is 0.875. The minimum Gasteiger partial charge on any atom is -0.293 e. The predicted molar refractivity (Wildman–Crippen MR) is 128 cm³/mol. The minimum absolute atomic E-state index is 0.116. The van der Waals surface area contributed by atoms with E-state index in [-0.39, 0.29) is 12.3 Å². The molecule has 0 spiro atoms. The van der Waals surface area contributed by atoms with Crippen LogP contribution in [0, 0.1) is 17.8 Å². The summed E-state index contributed by atoms with van der Waals surface area (Å²) in [6, 6.07) is 0. The molecule has 0 heterocycles. The van der Waals surface area contributed by atoms with Crippen molar-refractivity contribution in [2.45, 2.75) is 108 Å². The van der Waals surface area contributed by atoms with Crippen LogP contribution in [0.15, 0.2) is 15.0 Å². The Labute approximate surface area is 176 Å². The molecule has 0 aliphatic rings. The van der Waals surface area contributed by atoms with E-state index in [0.717, 1.165) is 32.4 Å². The van der Waals surface area contributed by atoms with Crippen LogP contribution in [0.5, 0.6) is 0 Å². The molecule has 0 rings (SSSR count). The molecule has 0 aromatic carbocycles. The molecule has 164 valence electrons. The smallest absolute Gasteiger partial charge is 0.101 e. The Kier molecular flexibility index (Phi) is 13.5. The minimum atomic E-state index is 0.116. The summed E-state index contributed by atoms with van der Waals surface area (Å²) in [5.74, 6) is 1.93. The van der Waals surface area contributed by atoms with Crippen LogP contribution < -0.4 is 0 Å². The van der Waals surface area contributed by atoms with Crippen molar-refractivity contribution in [1.82, 2.24) is 4.90 Å². The Hall–Kier alpha value is -1.03. The van der Waals surface area contributed by atoms with Crippen molar-refractivity contribution in [3.63, 3.8) is 0 Å². The van der Waals surface area contributed by atoms with Crippen LogP contribution in [0.25, 0.3) is 0 Å². The van der Waals surface area contributed by atoms with Gasteiger partial charge in [0, 0.05) is 23.7 Å². The number of aliphatic imine (C=N–C) groups is 3. The van der Waals surface area contributed by atoms with E-state index in [0.29, 0.717) is 17.8 Å². The highest BCUT2D eigenvalue weighted by Crippen LogP contribution is 2.13. The van der Waals surface area contributed by atoms with E-state index in [1.54, 1.807) is 0 Å². The quantitative estimate of drug-likeness (QED) is 0.330. The van der Waals surface area contributed by atoms with Gasteiger partial charge in [-0.15, -0.1) is 0 Å². The average molecular weight is 393 g/mol. The fourth-order valence-corrected chi connectivity index (χ4v) is 3.77. The van der Waals surface area contributed by atoms with Crippen molar-refractivity contribution < 1.29 is 0 Å². The highest BCUT2D eigenvalue weighted by atomic mass is 15.3. The van der Waals surface area contributed by atoms with Crippen LogP contribution in [0.4, 0.5) is 0 Å². The largest absolute Gasteiger partial charge is 0.293 e. The van der Waals surface area contributed by atoms with Gasteiger partial charge in [-0.2, -0.15) is 0 Å². The van der Waals surface area contributed by atoms with Crippen LogP contribution in [0.1, 0.15) is 95.4 Å². The number of hydrogen-bond acceptors (Lipinski definition) is 4. The third-order valence-electron chi connectivity index (χ3n) is 4.63. The first-order chi connectivity index (χ1) is 12.9. The standard InChI is InChI=1S/C24H48N4/c1-17(2)14-20(7)25-12-13-28(23(10)26-21(8)15-18(3)4)24(11)27-22(9)16-19(5)6/h17-19,23-24H,12-16H2,1-11H3. The second-order valence-electron chi connectivity index (χ2n) is 9.64. The molecule has 0 fully saturated rings. The van der Waals surface area contributed by atoms with Crippen LogP contribution in [-0.2, 0) is 0 Å². The van der Waals surface area contributed by atoms with Gasteiger partial charge in [-0.3, -0.25) is 19.9 Å². The molecule has 0 saturated heterocycles. The molecular formula is C24H48N4. The van der Waals surface area contributed by atoms with Crippen molar-refractivity contribution in [1.29, 1.82) is 0 Å². The maximum Gasteiger partial charge on any atom is 0.101 e. The van der Waals surface area contributed by atoms with Crippen LogP contribution in [0.2, 0.25) is 0 Å². The summed E-state index contributed by atoms with van der Waals surface area (Å²) in [6.07, 6.45) is 3.40. The van der Waals surface area contributed by atoms with Gasteiger partial charge >= 0.3 is 0 Å². The van der Waals surface area contributed by atoms with Gasteiger partial charge in [0.1, 0.15) is 12.3 Å². The van der Waals surface area contributed by atoms with Crippen molar-refractivity contribution in [3.8, 4) is 0 Å². The lowest BCUT2D eigenvalue weighted by Crippen LogP contribution is -2.41. The molecule has 0 N–H and O–H groups in total. The zero-order chi connectivity index (χ0) is 21.9. The molecule has 2 unspecified atom stereocenters. The normalized spacial score (nSPS) is 16.6. The van der Waals surface area contributed by atoms with Crippen molar-refractivity contribution in [3.05, 3.63) is 0 Å². The Bertz CT molecular complexity index is 483. The average Bonchev–Trinajstić information content (AvgIpc) is 2.48. The van der Waals surface area contributed by atoms with E-state index >= 15 is 0 Å². The van der Waals surface area contributed by atoms with E-state index in [1.807, 2.05) is 0 Å². The second kappa shape index (κ2) is 14.0. The van der Waals surface area contributed by atoms with Gasteiger partial charge in [-0.1, -0.05) is 41.5 Å². The van der Waals surface area contributed by atoms with Crippen LogP contribution in [-0.4, -0.2) is 47.5 Å². The lowest BCUT2D eigenvalue weighted by atomic mass is 10.1. The number of rotatable bonds is 13. The Morgan fingerprint density at radius 1 is 0.607 bits per heavy atom. The summed E-state index contributed by atoms with van der Waals surface area (Å²) in [7, 11) is 0. The first-order valence-corrected chi connectivity index (χ1v) is 11.2. The van der Waals surface area contributed by atoms with Crippen LogP contribution >= 0.6 is 0 Å². The van der Waals surface area contributed by atoms with Crippen molar-refractivity contribution in [2.75, 3.05) is 13.1 Å².